The topological polar surface area (TPSA) is 102 Å². The van der Waals surface area contributed by atoms with Crippen LogP contribution in [0.25, 0.3) is 0 Å². The van der Waals surface area contributed by atoms with Crippen molar-refractivity contribution in [2.24, 2.45) is 11.7 Å². The smallest absolute Gasteiger partial charge is 0.310 e. The monoisotopic (exact) mass is 254 g/mol. The van der Waals surface area contributed by atoms with Crippen LogP contribution in [0.15, 0.2) is 12.2 Å². The highest BCUT2D eigenvalue weighted by molar-refractivity contribution is 5.82. The fourth-order valence-electron chi connectivity index (χ4n) is 2.34. The van der Waals surface area contributed by atoms with Crippen LogP contribution >= 0.6 is 0 Å². The molecule has 0 spiro atoms. The van der Waals surface area contributed by atoms with Crippen molar-refractivity contribution in [1.82, 2.24) is 5.32 Å². The minimum absolute atomic E-state index is 0.0355. The van der Waals surface area contributed by atoms with Crippen molar-refractivity contribution in [2.45, 2.75) is 37.5 Å². The highest BCUT2D eigenvalue weighted by Gasteiger charge is 2.32. The lowest BCUT2D eigenvalue weighted by atomic mass is 10.1. The van der Waals surface area contributed by atoms with E-state index >= 15 is 0 Å². The van der Waals surface area contributed by atoms with E-state index in [0.717, 1.165) is 6.42 Å². The summed E-state index contributed by atoms with van der Waals surface area (Å²) < 4.78 is 5.48. The van der Waals surface area contributed by atoms with E-state index in [-0.39, 0.29) is 18.1 Å². The summed E-state index contributed by atoms with van der Waals surface area (Å²) in [5, 5.41) is 11.6. The van der Waals surface area contributed by atoms with Crippen molar-refractivity contribution in [1.29, 1.82) is 0 Å². The Morgan fingerprint density at radius 3 is 2.72 bits per heavy atom. The van der Waals surface area contributed by atoms with Gasteiger partial charge in [-0.2, -0.15) is 0 Å². The number of amides is 1. The average molecular weight is 254 g/mol. The Morgan fingerprint density at radius 1 is 1.39 bits per heavy atom. The lowest BCUT2D eigenvalue weighted by molar-refractivity contribution is -0.140. The summed E-state index contributed by atoms with van der Waals surface area (Å²) in [4.78, 5) is 22.6. The van der Waals surface area contributed by atoms with E-state index in [0.29, 0.717) is 19.4 Å². The largest absolute Gasteiger partial charge is 0.481 e. The fourth-order valence-corrected chi connectivity index (χ4v) is 2.34. The van der Waals surface area contributed by atoms with Crippen LogP contribution in [0.1, 0.15) is 19.3 Å². The fraction of sp³-hybridized carbons (Fsp3) is 0.667. The van der Waals surface area contributed by atoms with Crippen LogP contribution in [0.2, 0.25) is 0 Å². The van der Waals surface area contributed by atoms with Crippen LogP contribution in [0.3, 0.4) is 0 Å². The van der Waals surface area contributed by atoms with Crippen LogP contribution in [0.4, 0.5) is 0 Å². The van der Waals surface area contributed by atoms with Crippen LogP contribution in [-0.2, 0) is 14.3 Å². The summed E-state index contributed by atoms with van der Waals surface area (Å²) >= 11 is 0. The predicted molar refractivity (Wildman–Crippen MR) is 63.8 cm³/mol. The summed E-state index contributed by atoms with van der Waals surface area (Å²) in [5.74, 6) is -1.54. The van der Waals surface area contributed by atoms with Crippen molar-refractivity contribution in [3.63, 3.8) is 0 Å². The molecule has 0 aromatic carbocycles. The first-order valence-corrected chi connectivity index (χ1v) is 6.17. The number of carbonyl (C=O) groups is 2. The molecule has 1 amide bonds. The molecule has 0 aromatic heterocycles. The van der Waals surface area contributed by atoms with Gasteiger partial charge in [-0.3, -0.25) is 9.59 Å². The van der Waals surface area contributed by atoms with E-state index in [1.807, 2.05) is 0 Å². The van der Waals surface area contributed by atoms with Gasteiger partial charge in [-0.25, -0.2) is 0 Å². The number of hydrogen-bond donors (Lipinski definition) is 3. The van der Waals surface area contributed by atoms with Gasteiger partial charge in [-0.15, -0.1) is 0 Å². The number of aliphatic carboxylic acids is 1. The molecule has 4 N–H and O–H groups in total. The first-order chi connectivity index (χ1) is 8.60. The Kier molecular flexibility index (Phi) is 3.98. The third kappa shape index (κ3) is 2.88. The third-order valence-electron chi connectivity index (χ3n) is 3.39. The molecule has 4 unspecified atom stereocenters. The van der Waals surface area contributed by atoms with Gasteiger partial charge in [-0.1, -0.05) is 12.2 Å². The Morgan fingerprint density at radius 2 is 2.17 bits per heavy atom. The van der Waals surface area contributed by atoms with Crippen molar-refractivity contribution < 1.29 is 19.4 Å². The van der Waals surface area contributed by atoms with Crippen molar-refractivity contribution >= 4 is 11.9 Å². The average Bonchev–Trinajstić information content (AvgIpc) is 2.96. The first kappa shape index (κ1) is 13.0. The van der Waals surface area contributed by atoms with Gasteiger partial charge >= 0.3 is 5.97 Å². The summed E-state index contributed by atoms with van der Waals surface area (Å²) in [6.45, 7) is 0.425. The maximum atomic E-state index is 11.9. The molecule has 2 aliphatic rings. The maximum Gasteiger partial charge on any atom is 0.310 e. The lowest BCUT2D eigenvalue weighted by Gasteiger charge is -2.16. The van der Waals surface area contributed by atoms with Crippen LogP contribution in [-0.4, -0.2) is 41.8 Å². The number of carbonyl (C=O) groups excluding carboxylic acids is 1. The Labute approximate surface area is 105 Å². The van der Waals surface area contributed by atoms with Gasteiger partial charge < -0.3 is 20.9 Å². The number of hydrogen-bond acceptors (Lipinski definition) is 4. The molecule has 1 aliphatic heterocycles. The molecule has 6 heteroatoms. The molecule has 6 nitrogen and oxygen atoms in total. The molecule has 0 radical (unpaired) electrons. The predicted octanol–water partition coefficient (Wildman–Crippen LogP) is -0.362. The standard InChI is InChI=1S/C12H18N2O4/c13-6-9-3-4-10(18-9)11(15)14-8-2-1-7(5-8)12(16)17/h1-2,7-10H,3-6,13H2,(H,14,15)(H,16,17). The van der Waals surface area contributed by atoms with Gasteiger partial charge in [0.05, 0.1) is 12.0 Å². The van der Waals surface area contributed by atoms with E-state index < -0.39 is 18.0 Å². The van der Waals surface area contributed by atoms with Crippen LogP contribution in [0.5, 0.6) is 0 Å². The molecule has 4 atom stereocenters. The second-order valence-electron chi connectivity index (χ2n) is 4.74. The second-order valence-corrected chi connectivity index (χ2v) is 4.74. The highest BCUT2D eigenvalue weighted by atomic mass is 16.5. The maximum absolute atomic E-state index is 11.9. The minimum atomic E-state index is -0.858. The minimum Gasteiger partial charge on any atom is -0.481 e. The summed E-state index contributed by atoms with van der Waals surface area (Å²) in [5.41, 5.74) is 5.48. The van der Waals surface area contributed by atoms with Crippen LogP contribution in [0, 0.1) is 5.92 Å². The molecular weight excluding hydrogens is 236 g/mol. The molecular formula is C12H18N2O4. The Hall–Kier alpha value is -1.40. The zero-order chi connectivity index (χ0) is 13.1. The first-order valence-electron chi connectivity index (χ1n) is 6.17. The van der Waals surface area contributed by atoms with Gasteiger partial charge in [0.2, 0.25) is 5.91 Å². The summed E-state index contributed by atoms with van der Waals surface area (Å²) in [6, 6.07) is -0.209. The van der Waals surface area contributed by atoms with E-state index in [1.165, 1.54) is 0 Å². The SMILES string of the molecule is NCC1CCC(C(=O)NC2C=CC(C(=O)O)C2)O1. The lowest BCUT2D eigenvalue weighted by Crippen LogP contribution is -2.40. The van der Waals surface area contributed by atoms with Crippen molar-refractivity contribution in [3.8, 4) is 0 Å². The van der Waals surface area contributed by atoms with E-state index in [4.69, 9.17) is 15.6 Å². The van der Waals surface area contributed by atoms with E-state index in [2.05, 4.69) is 5.32 Å². The summed E-state index contributed by atoms with van der Waals surface area (Å²) in [7, 11) is 0. The molecule has 1 fully saturated rings. The quantitative estimate of drug-likeness (QED) is 0.595. The highest BCUT2D eigenvalue weighted by Crippen LogP contribution is 2.21. The molecule has 1 saturated heterocycles. The van der Waals surface area contributed by atoms with Gasteiger partial charge in [0.15, 0.2) is 0 Å². The van der Waals surface area contributed by atoms with Gasteiger partial charge in [0.1, 0.15) is 6.10 Å². The van der Waals surface area contributed by atoms with E-state index in [1.54, 1.807) is 12.2 Å². The van der Waals surface area contributed by atoms with Gasteiger partial charge in [-0.05, 0) is 19.3 Å². The molecule has 1 heterocycles. The molecule has 2 rings (SSSR count). The molecule has 0 aromatic rings. The van der Waals surface area contributed by atoms with Gasteiger partial charge in [0.25, 0.3) is 0 Å². The molecule has 1 aliphatic carbocycles. The number of ether oxygens (including phenoxy) is 1. The third-order valence-corrected chi connectivity index (χ3v) is 3.39. The molecule has 100 valence electrons. The number of nitrogens with two attached hydrogens (primary N) is 1. The zero-order valence-electron chi connectivity index (χ0n) is 10.0. The second kappa shape index (κ2) is 5.49. The summed E-state index contributed by atoms with van der Waals surface area (Å²) in [6.07, 6.45) is 4.74. The zero-order valence-corrected chi connectivity index (χ0v) is 10.0. The van der Waals surface area contributed by atoms with Gasteiger partial charge in [0, 0.05) is 12.6 Å². The number of rotatable bonds is 4. The van der Waals surface area contributed by atoms with E-state index in [9.17, 15) is 9.59 Å². The Bertz CT molecular complexity index is 369. The van der Waals surface area contributed by atoms with Crippen molar-refractivity contribution in [2.75, 3.05) is 6.54 Å². The molecule has 0 saturated carbocycles. The van der Waals surface area contributed by atoms with Crippen molar-refractivity contribution in [3.05, 3.63) is 12.2 Å². The van der Waals surface area contributed by atoms with Crippen LogP contribution < -0.4 is 11.1 Å². The Balaban J connectivity index is 1.79. The number of nitrogens with one attached hydrogen (secondary N) is 1. The number of carboxylic acid groups (broad SMARTS) is 1. The molecule has 18 heavy (non-hydrogen) atoms. The normalized spacial score (nSPS) is 34.7. The number of carboxylic acids is 1. The molecule has 0 bridgehead atoms.